The fourth-order valence-electron chi connectivity index (χ4n) is 7.27. The van der Waals surface area contributed by atoms with E-state index >= 15 is 0 Å². The van der Waals surface area contributed by atoms with Gasteiger partial charge in [0.2, 0.25) is 0 Å². The van der Waals surface area contributed by atoms with Crippen LogP contribution < -0.4 is 9.81 Å². The van der Waals surface area contributed by atoms with Crippen molar-refractivity contribution in [2.24, 2.45) is 0 Å². The molecule has 224 valence electrons. The van der Waals surface area contributed by atoms with Crippen LogP contribution in [0, 0.1) is 6.92 Å². The van der Waals surface area contributed by atoms with Crippen LogP contribution in [0.15, 0.2) is 106 Å². The average Bonchev–Trinajstić information content (AvgIpc) is 3.61. The number of rotatable bonds is 4. The fraction of sp³-hybridized carbons (Fsp3) is 0.275. The SMILES string of the molecule is Cl.Cl.[CH2]=[Zr]([C]1=CC=CC1)([c]1ccccc1)([c]1ccc(C)cc1)[c]1cc(C(C)(C)C)cc2c1Cc1ccc(C(C)(C)C)cc1-2. The predicted octanol–water partition coefficient (Wildman–Crippen LogP) is 9.25. The number of benzene rings is 4. The van der Waals surface area contributed by atoms with Crippen molar-refractivity contribution < 1.29 is 18.3 Å². The molecule has 0 saturated heterocycles. The van der Waals surface area contributed by atoms with Crippen molar-refractivity contribution in [3.8, 4) is 11.1 Å². The van der Waals surface area contributed by atoms with Gasteiger partial charge in [-0.3, -0.25) is 0 Å². The first kappa shape index (κ1) is 33.6. The van der Waals surface area contributed by atoms with Crippen molar-refractivity contribution in [1.82, 2.24) is 0 Å². The summed E-state index contributed by atoms with van der Waals surface area (Å²) in [5.41, 5.74) is 9.98. The topological polar surface area (TPSA) is 0 Å². The third-order valence-electron chi connectivity index (χ3n) is 9.92. The molecule has 0 bridgehead atoms. The van der Waals surface area contributed by atoms with E-state index in [9.17, 15) is 0 Å². The van der Waals surface area contributed by atoms with Crippen molar-refractivity contribution in [3.05, 3.63) is 134 Å². The Hall–Kier alpha value is -2.31. The van der Waals surface area contributed by atoms with Crippen molar-refractivity contribution in [1.29, 1.82) is 0 Å². The molecule has 2 aliphatic carbocycles. The Morgan fingerprint density at radius 1 is 0.674 bits per heavy atom. The molecule has 6 rings (SSSR count). The van der Waals surface area contributed by atoms with Crippen LogP contribution >= 0.6 is 24.8 Å². The number of fused-ring (bicyclic) bond motifs is 3. The van der Waals surface area contributed by atoms with Gasteiger partial charge in [-0.1, -0.05) is 0 Å². The van der Waals surface area contributed by atoms with Crippen molar-refractivity contribution in [3.63, 3.8) is 0 Å². The van der Waals surface area contributed by atoms with Gasteiger partial charge in [0.25, 0.3) is 0 Å². The van der Waals surface area contributed by atoms with Gasteiger partial charge in [0.05, 0.1) is 0 Å². The molecule has 0 spiro atoms. The molecule has 0 unspecified atom stereocenters. The molecule has 0 aromatic heterocycles. The second-order valence-corrected chi connectivity index (χ2v) is 27.5. The van der Waals surface area contributed by atoms with Crippen LogP contribution in [-0.2, 0) is 35.5 Å². The van der Waals surface area contributed by atoms with Crippen LogP contribution in [0.3, 0.4) is 0 Å². The summed E-state index contributed by atoms with van der Waals surface area (Å²) in [5.74, 6) is 0. The summed E-state index contributed by atoms with van der Waals surface area (Å²) in [7, 11) is 0. The second-order valence-electron chi connectivity index (χ2n) is 14.6. The van der Waals surface area contributed by atoms with E-state index in [0.29, 0.717) is 0 Å². The number of aryl methyl sites for hydroxylation is 1. The molecule has 0 N–H and O–H groups in total. The van der Waals surface area contributed by atoms with E-state index in [0.717, 1.165) is 12.8 Å². The minimum absolute atomic E-state index is 0. The summed E-state index contributed by atoms with van der Waals surface area (Å²) < 4.78 is 11.5. The van der Waals surface area contributed by atoms with Crippen LogP contribution in [0.1, 0.15) is 75.8 Å². The Morgan fingerprint density at radius 2 is 1.28 bits per heavy atom. The zero-order valence-corrected chi connectivity index (χ0v) is 30.8. The summed E-state index contributed by atoms with van der Waals surface area (Å²) in [6.45, 7) is 16.2. The summed E-state index contributed by atoms with van der Waals surface area (Å²) >= 11 is -4.69. The number of halogens is 2. The first-order chi connectivity index (χ1) is 19.3. The molecule has 43 heavy (non-hydrogen) atoms. The molecule has 4 aromatic carbocycles. The van der Waals surface area contributed by atoms with Gasteiger partial charge in [-0.05, 0) is 0 Å². The molecule has 0 aliphatic heterocycles. The van der Waals surface area contributed by atoms with Gasteiger partial charge < -0.3 is 0 Å². The molecule has 3 heteroatoms. The van der Waals surface area contributed by atoms with Gasteiger partial charge in [-0.25, -0.2) is 0 Å². The third kappa shape index (κ3) is 5.24. The van der Waals surface area contributed by atoms with Gasteiger partial charge >= 0.3 is 250 Å². The second kappa shape index (κ2) is 11.6. The van der Waals surface area contributed by atoms with E-state index in [2.05, 4.69) is 152 Å². The molecule has 0 saturated carbocycles. The van der Waals surface area contributed by atoms with Gasteiger partial charge in [0, 0.05) is 0 Å². The monoisotopic (exact) mass is 686 g/mol. The van der Waals surface area contributed by atoms with Crippen LogP contribution in [0.4, 0.5) is 0 Å². The Morgan fingerprint density at radius 3 is 1.86 bits per heavy atom. The third-order valence-corrected chi connectivity index (χ3v) is 26.2. The van der Waals surface area contributed by atoms with Crippen molar-refractivity contribution in [2.75, 3.05) is 0 Å². The molecule has 0 fully saturated rings. The van der Waals surface area contributed by atoms with Gasteiger partial charge in [0.1, 0.15) is 0 Å². The van der Waals surface area contributed by atoms with Crippen LogP contribution in [0.25, 0.3) is 11.1 Å². The zero-order chi connectivity index (χ0) is 29.2. The Labute approximate surface area is 272 Å². The average molecular weight is 689 g/mol. The maximum absolute atomic E-state index is 5.65. The van der Waals surface area contributed by atoms with E-state index in [1.54, 1.807) is 0 Å². The van der Waals surface area contributed by atoms with Crippen molar-refractivity contribution >= 4 is 38.8 Å². The van der Waals surface area contributed by atoms with Crippen LogP contribution in [0.2, 0.25) is 0 Å². The summed E-state index contributed by atoms with van der Waals surface area (Å²) in [6, 6.07) is 33.1. The normalized spacial score (nSPS) is 14.4. The molecular formula is C40H46Cl2Zr. The summed E-state index contributed by atoms with van der Waals surface area (Å²) in [4.78, 5) is 0. The quantitative estimate of drug-likeness (QED) is 0.177. The standard InChI is InChI=1S/C21H25.C7H7.C6H5.C5H5.CH2.2ClH.Zr/c1-20(2,3)16-9-7-14-11-15-8-10-17(21(4,5)6)13-19(15)18(14)12-16;1-7-5-3-2-4-6-7;1-2-4-6-5-3-1;1-2-4-5-3-1;;;;/h7,9-10,12-13H,11H2,1-6H3;3-6H,1H3;1-5H;1-3H,4H2;1H2;2*1H;. The molecular weight excluding hydrogens is 643 g/mol. The van der Waals surface area contributed by atoms with Crippen LogP contribution in [0.5, 0.6) is 0 Å². The van der Waals surface area contributed by atoms with E-state index in [1.807, 2.05) is 0 Å². The van der Waals surface area contributed by atoms with E-state index in [1.165, 1.54) is 52.0 Å². The van der Waals surface area contributed by atoms with Crippen LogP contribution in [-0.4, -0.2) is 4.21 Å². The van der Waals surface area contributed by atoms with E-state index in [-0.39, 0.29) is 35.6 Å². The molecule has 0 atom stereocenters. The zero-order valence-electron chi connectivity index (χ0n) is 26.8. The Balaban J connectivity index is 0.00000212. The Kier molecular flexibility index (Phi) is 9.03. The fourth-order valence-corrected chi connectivity index (χ4v) is 22.7. The molecule has 0 radical (unpaired) electrons. The first-order valence-corrected chi connectivity index (χ1v) is 21.8. The number of allylic oxidation sites excluding steroid dienone is 4. The van der Waals surface area contributed by atoms with E-state index in [4.69, 9.17) is 4.21 Å². The van der Waals surface area contributed by atoms with Gasteiger partial charge in [0.15, 0.2) is 0 Å². The number of hydrogen-bond donors (Lipinski definition) is 0. The molecule has 2 aliphatic rings. The van der Waals surface area contributed by atoms with E-state index < -0.39 is 18.3 Å². The van der Waals surface area contributed by atoms with Gasteiger partial charge in [-0.15, -0.1) is 24.8 Å². The molecule has 0 nitrogen and oxygen atoms in total. The van der Waals surface area contributed by atoms with Crippen molar-refractivity contribution in [2.45, 2.75) is 72.1 Å². The molecule has 4 aromatic rings. The minimum atomic E-state index is -4.69. The summed E-state index contributed by atoms with van der Waals surface area (Å²) in [5, 5.41) is 0. The molecule has 0 amide bonds. The number of hydrogen-bond acceptors (Lipinski definition) is 0. The first-order valence-electron chi connectivity index (χ1n) is 15.2. The van der Waals surface area contributed by atoms with Gasteiger partial charge in [-0.2, -0.15) is 0 Å². The maximum atomic E-state index is 5.65. The molecule has 0 heterocycles. The predicted molar refractivity (Wildman–Crippen MR) is 192 cm³/mol. The summed E-state index contributed by atoms with van der Waals surface area (Å²) in [6.07, 6.45) is 8.95. The Bertz CT molecular complexity index is 1790.